The van der Waals surface area contributed by atoms with Gasteiger partial charge in [-0.05, 0) is 48.0 Å². The van der Waals surface area contributed by atoms with Crippen LogP contribution >= 0.6 is 11.8 Å². The second kappa shape index (κ2) is 8.31. The lowest BCUT2D eigenvalue weighted by Crippen LogP contribution is -2.23. The number of ether oxygens (including phenoxy) is 2. The molecule has 0 atom stereocenters. The molecule has 0 bridgehead atoms. The molecule has 6 heteroatoms. The molecule has 3 rings (SSSR count). The summed E-state index contributed by atoms with van der Waals surface area (Å²) >= 11 is 1.36. The van der Waals surface area contributed by atoms with Crippen LogP contribution < -0.4 is 9.47 Å². The molecule has 2 aromatic carbocycles. The number of carbonyl (C=O) groups is 1. The van der Waals surface area contributed by atoms with Gasteiger partial charge in [-0.15, -0.1) is 0 Å². The Kier molecular flexibility index (Phi) is 5.86. The highest BCUT2D eigenvalue weighted by atomic mass is 32.2. The van der Waals surface area contributed by atoms with Crippen molar-refractivity contribution >= 4 is 28.9 Å². The lowest BCUT2D eigenvalue weighted by atomic mass is 10.1. The molecule has 2 aromatic rings. The predicted molar refractivity (Wildman–Crippen MR) is 110 cm³/mol. The molecule has 1 amide bonds. The van der Waals surface area contributed by atoms with Crippen LogP contribution in [0.25, 0.3) is 6.08 Å². The highest BCUT2D eigenvalue weighted by Crippen LogP contribution is 2.34. The first kappa shape index (κ1) is 19.0. The number of benzene rings is 2. The molecule has 0 spiro atoms. The molecule has 1 saturated heterocycles. The van der Waals surface area contributed by atoms with Crippen molar-refractivity contribution in [3.05, 3.63) is 64.1 Å². The minimum atomic E-state index is -0.0562. The molecule has 27 heavy (non-hydrogen) atoms. The van der Waals surface area contributed by atoms with Gasteiger partial charge >= 0.3 is 0 Å². The van der Waals surface area contributed by atoms with Gasteiger partial charge in [0.25, 0.3) is 5.91 Å². The molecule has 0 N–H and O–H groups in total. The summed E-state index contributed by atoms with van der Waals surface area (Å²) in [6.07, 6.45) is 1.84. The SMILES string of the molecule is CN=C1S/C(=C\c2ccc(OCc3cccc(C)c3)c(OC)c2)C(=O)N1C. The van der Waals surface area contributed by atoms with Crippen molar-refractivity contribution in [2.45, 2.75) is 13.5 Å². The number of amides is 1. The zero-order chi connectivity index (χ0) is 19.4. The Labute approximate surface area is 163 Å². The molecule has 0 radical (unpaired) electrons. The minimum absolute atomic E-state index is 0.0562. The number of amidine groups is 1. The number of hydrogen-bond acceptors (Lipinski definition) is 5. The van der Waals surface area contributed by atoms with Crippen molar-refractivity contribution in [1.82, 2.24) is 4.90 Å². The van der Waals surface area contributed by atoms with Crippen LogP contribution in [0.3, 0.4) is 0 Å². The number of carbonyl (C=O) groups excluding carboxylic acids is 1. The molecule has 1 aliphatic heterocycles. The molecule has 0 aliphatic carbocycles. The Morgan fingerprint density at radius 2 is 2.00 bits per heavy atom. The lowest BCUT2D eigenvalue weighted by molar-refractivity contribution is -0.121. The van der Waals surface area contributed by atoms with E-state index in [-0.39, 0.29) is 5.91 Å². The van der Waals surface area contributed by atoms with Gasteiger partial charge in [-0.3, -0.25) is 14.7 Å². The van der Waals surface area contributed by atoms with Crippen LogP contribution in [0.4, 0.5) is 0 Å². The average molecular weight is 382 g/mol. The number of thioether (sulfide) groups is 1. The normalized spacial score (nSPS) is 17.0. The summed E-state index contributed by atoms with van der Waals surface area (Å²) in [6, 6.07) is 13.8. The summed E-state index contributed by atoms with van der Waals surface area (Å²) in [4.78, 5) is 18.6. The van der Waals surface area contributed by atoms with Crippen molar-refractivity contribution in [2.24, 2.45) is 4.99 Å². The van der Waals surface area contributed by atoms with Gasteiger partial charge in [0.15, 0.2) is 16.7 Å². The van der Waals surface area contributed by atoms with Crippen LogP contribution in [0.1, 0.15) is 16.7 Å². The summed E-state index contributed by atoms with van der Waals surface area (Å²) in [6.45, 7) is 2.52. The van der Waals surface area contributed by atoms with Crippen LogP contribution in [0.15, 0.2) is 52.4 Å². The average Bonchev–Trinajstić information content (AvgIpc) is 2.94. The summed E-state index contributed by atoms with van der Waals surface area (Å²) in [5.74, 6) is 1.24. The van der Waals surface area contributed by atoms with Gasteiger partial charge in [-0.25, -0.2) is 0 Å². The summed E-state index contributed by atoms with van der Waals surface area (Å²) < 4.78 is 11.4. The number of rotatable bonds is 5. The van der Waals surface area contributed by atoms with E-state index >= 15 is 0 Å². The smallest absolute Gasteiger partial charge is 0.266 e. The standard InChI is InChI=1S/C21H22N2O3S/c1-14-6-5-7-16(10-14)13-26-17-9-8-15(11-18(17)25-4)12-19-20(24)23(3)21(22-2)27-19/h5-12H,13H2,1-4H3/b19-12-,22-21?. The Morgan fingerprint density at radius 3 is 2.67 bits per heavy atom. The molecule has 1 heterocycles. The first-order chi connectivity index (χ1) is 13.0. The van der Waals surface area contributed by atoms with Gasteiger partial charge in [0.05, 0.1) is 12.0 Å². The number of aliphatic imine (C=N–C) groups is 1. The van der Waals surface area contributed by atoms with E-state index in [0.717, 1.165) is 11.1 Å². The molecule has 0 saturated carbocycles. The summed E-state index contributed by atoms with van der Waals surface area (Å²) in [7, 11) is 5.01. The number of likely N-dealkylation sites (N-methyl/N-ethyl adjacent to an activating group) is 1. The monoisotopic (exact) mass is 382 g/mol. The van der Waals surface area contributed by atoms with Crippen LogP contribution in [-0.4, -0.2) is 37.2 Å². The Balaban J connectivity index is 1.78. The van der Waals surface area contributed by atoms with Gasteiger partial charge in [0.1, 0.15) is 6.61 Å². The molecule has 5 nitrogen and oxygen atoms in total. The molecular formula is C21H22N2O3S. The van der Waals surface area contributed by atoms with E-state index in [0.29, 0.717) is 28.2 Å². The molecule has 0 aromatic heterocycles. The minimum Gasteiger partial charge on any atom is -0.493 e. The number of nitrogens with zero attached hydrogens (tertiary/aromatic N) is 2. The third-order valence-corrected chi connectivity index (χ3v) is 5.31. The lowest BCUT2D eigenvalue weighted by Gasteiger charge is -2.12. The predicted octanol–water partition coefficient (Wildman–Crippen LogP) is 4.11. The van der Waals surface area contributed by atoms with Crippen molar-refractivity contribution in [3.63, 3.8) is 0 Å². The fraction of sp³-hybridized carbons (Fsp3) is 0.238. The second-order valence-corrected chi connectivity index (χ2v) is 7.18. The quantitative estimate of drug-likeness (QED) is 0.730. The van der Waals surface area contributed by atoms with E-state index < -0.39 is 0 Å². The maximum Gasteiger partial charge on any atom is 0.266 e. The van der Waals surface area contributed by atoms with Crippen molar-refractivity contribution in [3.8, 4) is 11.5 Å². The maximum atomic E-state index is 12.3. The third-order valence-electron chi connectivity index (χ3n) is 4.16. The van der Waals surface area contributed by atoms with Crippen LogP contribution in [0, 0.1) is 6.92 Å². The van der Waals surface area contributed by atoms with Crippen molar-refractivity contribution in [1.29, 1.82) is 0 Å². The Morgan fingerprint density at radius 1 is 1.19 bits per heavy atom. The van der Waals surface area contributed by atoms with E-state index in [4.69, 9.17) is 9.47 Å². The molecule has 1 aliphatic rings. The number of methoxy groups -OCH3 is 1. The van der Waals surface area contributed by atoms with Crippen molar-refractivity contribution < 1.29 is 14.3 Å². The van der Waals surface area contributed by atoms with Crippen LogP contribution in [-0.2, 0) is 11.4 Å². The van der Waals surface area contributed by atoms with Gasteiger partial charge in [0, 0.05) is 14.1 Å². The molecule has 140 valence electrons. The van der Waals surface area contributed by atoms with Gasteiger partial charge in [0.2, 0.25) is 0 Å². The van der Waals surface area contributed by atoms with E-state index in [1.54, 1.807) is 26.1 Å². The zero-order valence-electron chi connectivity index (χ0n) is 15.9. The summed E-state index contributed by atoms with van der Waals surface area (Å²) in [5.41, 5.74) is 3.17. The maximum absolute atomic E-state index is 12.3. The third kappa shape index (κ3) is 4.34. The fourth-order valence-electron chi connectivity index (χ4n) is 2.76. The molecule has 1 fully saturated rings. The Hall–Kier alpha value is -2.73. The first-order valence-corrected chi connectivity index (χ1v) is 9.34. The zero-order valence-corrected chi connectivity index (χ0v) is 16.7. The largest absolute Gasteiger partial charge is 0.493 e. The Bertz CT molecular complexity index is 921. The highest BCUT2D eigenvalue weighted by Gasteiger charge is 2.29. The van der Waals surface area contributed by atoms with Gasteiger partial charge in [-0.2, -0.15) is 0 Å². The van der Waals surface area contributed by atoms with Gasteiger partial charge < -0.3 is 9.47 Å². The molecular weight excluding hydrogens is 360 g/mol. The number of hydrogen-bond donors (Lipinski definition) is 0. The highest BCUT2D eigenvalue weighted by molar-refractivity contribution is 8.18. The van der Waals surface area contributed by atoms with E-state index in [9.17, 15) is 4.79 Å². The molecule has 0 unspecified atom stereocenters. The fourth-order valence-corrected chi connectivity index (χ4v) is 3.68. The second-order valence-electron chi connectivity index (χ2n) is 6.17. The van der Waals surface area contributed by atoms with E-state index in [1.165, 1.54) is 17.3 Å². The number of aryl methyl sites for hydroxylation is 1. The summed E-state index contributed by atoms with van der Waals surface area (Å²) in [5, 5.41) is 0.691. The van der Waals surface area contributed by atoms with Gasteiger partial charge in [-0.1, -0.05) is 35.9 Å². The van der Waals surface area contributed by atoms with Crippen molar-refractivity contribution in [2.75, 3.05) is 21.2 Å². The van der Waals surface area contributed by atoms with E-state index in [1.807, 2.05) is 36.4 Å². The topological polar surface area (TPSA) is 51.1 Å². The van der Waals surface area contributed by atoms with Crippen LogP contribution in [0.5, 0.6) is 11.5 Å². The van der Waals surface area contributed by atoms with E-state index in [2.05, 4.69) is 24.0 Å². The van der Waals surface area contributed by atoms with Crippen LogP contribution in [0.2, 0.25) is 0 Å². The first-order valence-electron chi connectivity index (χ1n) is 8.52.